The molecule has 5 heteroatoms. The van der Waals surface area contributed by atoms with Gasteiger partial charge in [0.2, 0.25) is 0 Å². The van der Waals surface area contributed by atoms with Gasteiger partial charge in [0.05, 0.1) is 5.02 Å². The highest BCUT2D eigenvalue weighted by atomic mass is 35.5. The van der Waals surface area contributed by atoms with Gasteiger partial charge in [0.25, 0.3) is 0 Å². The molecule has 0 saturated heterocycles. The number of hydrogen-bond donors (Lipinski definition) is 1. The van der Waals surface area contributed by atoms with E-state index >= 15 is 0 Å². The maximum absolute atomic E-state index is 6.02. The SMILES string of the molecule is Cn1ncnc1-c1cc(N)ccc1Cl. The first-order chi connectivity index (χ1) is 6.68. The number of benzene rings is 1. The van der Waals surface area contributed by atoms with Crippen molar-refractivity contribution < 1.29 is 0 Å². The maximum Gasteiger partial charge on any atom is 0.159 e. The monoisotopic (exact) mass is 208 g/mol. The Morgan fingerprint density at radius 1 is 1.43 bits per heavy atom. The van der Waals surface area contributed by atoms with Crippen molar-refractivity contribution in [3.05, 3.63) is 29.5 Å². The predicted octanol–water partition coefficient (Wildman–Crippen LogP) is 1.72. The first-order valence-corrected chi connectivity index (χ1v) is 4.45. The van der Waals surface area contributed by atoms with E-state index in [1.807, 2.05) is 7.05 Å². The molecular formula is C9H9ClN4. The van der Waals surface area contributed by atoms with Crippen molar-refractivity contribution in [2.75, 3.05) is 5.73 Å². The molecule has 0 saturated carbocycles. The third kappa shape index (κ3) is 1.44. The number of nitrogens with zero attached hydrogens (tertiary/aromatic N) is 3. The molecule has 0 fully saturated rings. The largest absolute Gasteiger partial charge is 0.399 e. The molecule has 14 heavy (non-hydrogen) atoms. The lowest BCUT2D eigenvalue weighted by atomic mass is 10.2. The molecule has 0 amide bonds. The number of aromatic nitrogens is 3. The van der Waals surface area contributed by atoms with E-state index in [2.05, 4.69) is 10.1 Å². The minimum absolute atomic E-state index is 0.621. The summed E-state index contributed by atoms with van der Waals surface area (Å²) in [4.78, 5) is 4.10. The van der Waals surface area contributed by atoms with Crippen molar-refractivity contribution in [2.45, 2.75) is 0 Å². The van der Waals surface area contributed by atoms with Crippen molar-refractivity contribution >= 4 is 17.3 Å². The molecular weight excluding hydrogens is 200 g/mol. The molecule has 1 aromatic heterocycles. The van der Waals surface area contributed by atoms with Crippen molar-refractivity contribution in [1.29, 1.82) is 0 Å². The highest BCUT2D eigenvalue weighted by Gasteiger charge is 2.08. The molecule has 1 aromatic carbocycles. The Hall–Kier alpha value is -1.55. The molecule has 0 unspecified atom stereocenters. The number of hydrogen-bond acceptors (Lipinski definition) is 3. The van der Waals surface area contributed by atoms with Crippen LogP contribution in [-0.2, 0) is 7.05 Å². The minimum atomic E-state index is 0.621. The van der Waals surface area contributed by atoms with Crippen LogP contribution in [0, 0.1) is 0 Å². The first-order valence-electron chi connectivity index (χ1n) is 4.08. The molecule has 4 nitrogen and oxygen atoms in total. The highest BCUT2D eigenvalue weighted by molar-refractivity contribution is 6.33. The fourth-order valence-electron chi connectivity index (χ4n) is 1.25. The second kappa shape index (κ2) is 3.31. The molecule has 2 aromatic rings. The summed E-state index contributed by atoms with van der Waals surface area (Å²) in [5, 5.41) is 4.59. The van der Waals surface area contributed by atoms with E-state index in [1.165, 1.54) is 6.33 Å². The van der Waals surface area contributed by atoms with Gasteiger partial charge in [-0.15, -0.1) is 0 Å². The predicted molar refractivity (Wildman–Crippen MR) is 55.9 cm³/mol. The van der Waals surface area contributed by atoms with Gasteiger partial charge in [-0.2, -0.15) is 5.10 Å². The van der Waals surface area contributed by atoms with Crippen LogP contribution in [0.25, 0.3) is 11.4 Å². The minimum Gasteiger partial charge on any atom is -0.399 e. The number of nitrogens with two attached hydrogens (primary N) is 1. The van der Waals surface area contributed by atoms with Gasteiger partial charge in [-0.05, 0) is 18.2 Å². The molecule has 0 radical (unpaired) electrons. The Labute approximate surface area is 86.3 Å². The van der Waals surface area contributed by atoms with Gasteiger partial charge >= 0.3 is 0 Å². The maximum atomic E-state index is 6.02. The van der Waals surface area contributed by atoms with E-state index in [0.29, 0.717) is 16.5 Å². The summed E-state index contributed by atoms with van der Waals surface area (Å²) in [5.74, 6) is 0.710. The summed E-state index contributed by atoms with van der Waals surface area (Å²) < 4.78 is 1.65. The molecule has 2 N–H and O–H groups in total. The van der Waals surface area contributed by atoms with Gasteiger partial charge in [-0.25, -0.2) is 9.67 Å². The van der Waals surface area contributed by atoms with Crippen molar-refractivity contribution in [2.24, 2.45) is 7.05 Å². The average Bonchev–Trinajstić information content (AvgIpc) is 2.56. The van der Waals surface area contributed by atoms with Crippen LogP contribution in [0.15, 0.2) is 24.5 Å². The summed E-state index contributed by atoms with van der Waals surface area (Å²) in [6, 6.07) is 5.29. The van der Waals surface area contributed by atoms with E-state index in [-0.39, 0.29) is 0 Å². The van der Waals surface area contributed by atoms with Gasteiger partial charge < -0.3 is 5.73 Å². The van der Waals surface area contributed by atoms with E-state index in [1.54, 1.807) is 22.9 Å². The van der Waals surface area contributed by atoms with Gasteiger partial charge in [0, 0.05) is 18.3 Å². The summed E-state index contributed by atoms with van der Waals surface area (Å²) in [5.41, 5.74) is 7.13. The highest BCUT2D eigenvalue weighted by Crippen LogP contribution is 2.27. The summed E-state index contributed by atoms with van der Waals surface area (Å²) >= 11 is 6.02. The molecule has 0 atom stereocenters. The Morgan fingerprint density at radius 2 is 2.21 bits per heavy atom. The molecule has 0 aliphatic heterocycles. The quantitative estimate of drug-likeness (QED) is 0.726. The summed E-state index contributed by atoms with van der Waals surface area (Å²) in [7, 11) is 1.81. The standard InChI is InChI=1S/C9H9ClN4/c1-14-9(12-5-13-14)7-4-6(11)2-3-8(7)10/h2-5H,11H2,1H3. The van der Waals surface area contributed by atoms with Crippen LogP contribution < -0.4 is 5.73 Å². The van der Waals surface area contributed by atoms with Crippen molar-refractivity contribution in [3.8, 4) is 11.4 Å². The molecule has 72 valence electrons. The van der Waals surface area contributed by atoms with Crippen LogP contribution in [0.3, 0.4) is 0 Å². The Bertz CT molecular complexity index is 464. The molecule has 1 heterocycles. The first kappa shape index (κ1) is 9.02. The summed E-state index contributed by atoms with van der Waals surface area (Å²) in [6.45, 7) is 0. The number of aryl methyl sites for hydroxylation is 1. The number of halogens is 1. The number of rotatable bonds is 1. The molecule has 2 rings (SSSR count). The zero-order valence-electron chi connectivity index (χ0n) is 7.61. The van der Waals surface area contributed by atoms with Crippen LogP contribution >= 0.6 is 11.6 Å². The fraction of sp³-hybridized carbons (Fsp3) is 0.111. The van der Waals surface area contributed by atoms with Crippen molar-refractivity contribution in [1.82, 2.24) is 14.8 Å². The third-order valence-corrected chi connectivity index (χ3v) is 2.27. The van der Waals surface area contributed by atoms with Gasteiger partial charge in [-0.1, -0.05) is 11.6 Å². The lowest BCUT2D eigenvalue weighted by Gasteiger charge is -2.03. The second-order valence-electron chi connectivity index (χ2n) is 2.95. The van der Waals surface area contributed by atoms with E-state index in [0.717, 1.165) is 5.56 Å². The van der Waals surface area contributed by atoms with Crippen LogP contribution in [0.2, 0.25) is 5.02 Å². The van der Waals surface area contributed by atoms with E-state index < -0.39 is 0 Å². The van der Waals surface area contributed by atoms with Gasteiger partial charge in [-0.3, -0.25) is 0 Å². The van der Waals surface area contributed by atoms with Crippen LogP contribution in [0.5, 0.6) is 0 Å². The lowest BCUT2D eigenvalue weighted by molar-refractivity contribution is 0.774. The normalized spacial score (nSPS) is 10.4. The van der Waals surface area contributed by atoms with Crippen LogP contribution in [0.4, 0.5) is 5.69 Å². The zero-order chi connectivity index (χ0) is 10.1. The lowest BCUT2D eigenvalue weighted by Crippen LogP contribution is -1.96. The second-order valence-corrected chi connectivity index (χ2v) is 3.35. The van der Waals surface area contributed by atoms with Gasteiger partial charge in [0.1, 0.15) is 6.33 Å². The van der Waals surface area contributed by atoms with Crippen LogP contribution in [0.1, 0.15) is 0 Å². The van der Waals surface area contributed by atoms with Crippen LogP contribution in [-0.4, -0.2) is 14.8 Å². The Morgan fingerprint density at radius 3 is 2.86 bits per heavy atom. The zero-order valence-corrected chi connectivity index (χ0v) is 8.36. The Kier molecular flexibility index (Phi) is 2.13. The van der Waals surface area contributed by atoms with Gasteiger partial charge in [0.15, 0.2) is 5.82 Å². The molecule has 0 bridgehead atoms. The van der Waals surface area contributed by atoms with E-state index in [9.17, 15) is 0 Å². The molecule has 0 aliphatic rings. The topological polar surface area (TPSA) is 56.7 Å². The summed E-state index contributed by atoms with van der Waals surface area (Å²) in [6.07, 6.45) is 1.48. The fourth-order valence-corrected chi connectivity index (χ4v) is 1.46. The van der Waals surface area contributed by atoms with Crippen molar-refractivity contribution in [3.63, 3.8) is 0 Å². The molecule has 0 aliphatic carbocycles. The number of anilines is 1. The van der Waals surface area contributed by atoms with E-state index in [4.69, 9.17) is 17.3 Å². The Balaban J connectivity index is 2.62. The number of nitrogen functional groups attached to an aromatic ring is 1. The average molecular weight is 209 g/mol. The molecule has 0 spiro atoms. The smallest absolute Gasteiger partial charge is 0.159 e. The third-order valence-electron chi connectivity index (χ3n) is 1.94.